The van der Waals surface area contributed by atoms with Crippen LogP contribution in [0.2, 0.25) is 0 Å². The first-order valence-corrected chi connectivity index (χ1v) is 16.5. The fraction of sp³-hybridized carbons (Fsp3) is 0.278. The zero-order valence-corrected chi connectivity index (χ0v) is 26.5. The molecule has 230 valence electrons. The quantitative estimate of drug-likeness (QED) is 0.119. The molecule has 45 heavy (non-hydrogen) atoms. The van der Waals surface area contributed by atoms with E-state index in [1.807, 2.05) is 95.8 Å². The van der Waals surface area contributed by atoms with Gasteiger partial charge >= 0.3 is 0 Å². The van der Waals surface area contributed by atoms with Crippen LogP contribution in [0.4, 0.5) is 0 Å². The SMILES string of the molecule is CCCCCCOc1ccc(-c2nc3s/c(=C/c4cn(-c5ccccc5)nc4-c4ccc(OCCCC)cc4)c(=O)n3n2)cc1. The number of hydrogen-bond acceptors (Lipinski definition) is 7. The molecule has 0 fully saturated rings. The molecule has 0 bridgehead atoms. The third-order valence-electron chi connectivity index (χ3n) is 7.51. The summed E-state index contributed by atoms with van der Waals surface area (Å²) >= 11 is 1.32. The van der Waals surface area contributed by atoms with Crippen molar-refractivity contribution in [3.63, 3.8) is 0 Å². The average Bonchev–Trinajstić information content (AvgIpc) is 3.77. The molecule has 0 saturated heterocycles. The minimum atomic E-state index is -0.209. The van der Waals surface area contributed by atoms with Crippen LogP contribution in [0.15, 0.2) is 89.9 Å². The predicted molar refractivity (Wildman–Crippen MR) is 180 cm³/mol. The van der Waals surface area contributed by atoms with Gasteiger partial charge in [-0.1, -0.05) is 69.1 Å². The van der Waals surface area contributed by atoms with E-state index in [-0.39, 0.29) is 5.56 Å². The van der Waals surface area contributed by atoms with Crippen LogP contribution in [0, 0.1) is 0 Å². The van der Waals surface area contributed by atoms with Crippen LogP contribution in [-0.2, 0) is 0 Å². The minimum absolute atomic E-state index is 0.209. The maximum absolute atomic E-state index is 13.5. The summed E-state index contributed by atoms with van der Waals surface area (Å²) in [5.41, 5.74) is 4.08. The van der Waals surface area contributed by atoms with E-state index in [9.17, 15) is 4.79 Å². The summed E-state index contributed by atoms with van der Waals surface area (Å²) in [6.45, 7) is 5.75. The summed E-state index contributed by atoms with van der Waals surface area (Å²) in [6, 6.07) is 25.6. The van der Waals surface area contributed by atoms with Crippen molar-refractivity contribution in [2.24, 2.45) is 0 Å². The monoisotopic (exact) mass is 619 g/mol. The highest BCUT2D eigenvalue weighted by Gasteiger charge is 2.15. The highest BCUT2D eigenvalue weighted by atomic mass is 32.1. The van der Waals surface area contributed by atoms with Gasteiger partial charge in [0.1, 0.15) is 17.2 Å². The first-order valence-electron chi connectivity index (χ1n) is 15.7. The number of aromatic nitrogens is 5. The molecule has 0 saturated carbocycles. The fourth-order valence-electron chi connectivity index (χ4n) is 4.99. The Labute approximate surface area is 266 Å². The second-order valence-corrected chi connectivity index (χ2v) is 11.9. The maximum atomic E-state index is 13.5. The van der Waals surface area contributed by atoms with Crippen LogP contribution in [0.1, 0.15) is 57.9 Å². The van der Waals surface area contributed by atoms with Crippen LogP contribution < -0.4 is 19.6 Å². The molecule has 0 aliphatic heterocycles. The van der Waals surface area contributed by atoms with Gasteiger partial charge in [-0.15, -0.1) is 5.10 Å². The summed E-state index contributed by atoms with van der Waals surface area (Å²) in [4.78, 5) is 18.7. The lowest BCUT2D eigenvalue weighted by Crippen LogP contribution is -2.23. The maximum Gasteiger partial charge on any atom is 0.291 e. The number of unbranched alkanes of at least 4 members (excludes halogenated alkanes) is 4. The van der Waals surface area contributed by atoms with Gasteiger partial charge < -0.3 is 9.47 Å². The Morgan fingerprint density at radius 3 is 2.09 bits per heavy atom. The molecule has 0 atom stereocenters. The normalized spacial score (nSPS) is 11.8. The number of hydrogen-bond donors (Lipinski definition) is 0. The fourth-order valence-corrected chi connectivity index (χ4v) is 5.89. The van der Waals surface area contributed by atoms with E-state index in [0.29, 0.717) is 28.5 Å². The van der Waals surface area contributed by atoms with Crippen LogP contribution in [-0.4, -0.2) is 37.6 Å². The van der Waals surface area contributed by atoms with Crippen LogP contribution in [0.5, 0.6) is 11.5 Å². The summed E-state index contributed by atoms with van der Waals surface area (Å²) < 4.78 is 15.5. The molecule has 0 radical (unpaired) electrons. The van der Waals surface area contributed by atoms with E-state index in [1.165, 1.54) is 35.1 Å². The number of rotatable bonds is 14. The Balaban J connectivity index is 1.28. The zero-order valence-electron chi connectivity index (χ0n) is 25.7. The summed E-state index contributed by atoms with van der Waals surface area (Å²) in [5, 5.41) is 9.47. The van der Waals surface area contributed by atoms with Crippen molar-refractivity contribution in [3.05, 3.63) is 106 Å². The lowest BCUT2D eigenvalue weighted by atomic mass is 10.1. The Morgan fingerprint density at radius 1 is 0.756 bits per heavy atom. The van der Waals surface area contributed by atoms with Crippen molar-refractivity contribution < 1.29 is 9.47 Å². The highest BCUT2D eigenvalue weighted by molar-refractivity contribution is 7.15. The molecule has 0 aliphatic carbocycles. The molecule has 6 aromatic rings. The molecule has 3 aromatic heterocycles. The molecule has 9 heteroatoms. The van der Waals surface area contributed by atoms with E-state index >= 15 is 0 Å². The van der Waals surface area contributed by atoms with Gasteiger partial charge in [-0.25, -0.2) is 4.68 Å². The molecule has 8 nitrogen and oxygen atoms in total. The van der Waals surface area contributed by atoms with Gasteiger partial charge in [0, 0.05) is 22.9 Å². The third-order valence-corrected chi connectivity index (χ3v) is 8.46. The topological polar surface area (TPSA) is 83.5 Å². The number of nitrogens with zero attached hydrogens (tertiary/aromatic N) is 5. The first kappa shape index (κ1) is 30.3. The molecule has 0 amide bonds. The van der Waals surface area contributed by atoms with Crippen molar-refractivity contribution in [2.45, 2.75) is 52.4 Å². The first-order chi connectivity index (χ1) is 22.1. The molecular weight excluding hydrogens is 582 g/mol. The summed E-state index contributed by atoms with van der Waals surface area (Å²) in [6.07, 6.45) is 10.6. The Kier molecular flexibility index (Phi) is 9.65. The number of thiazole rings is 1. The standard InChI is InChI=1S/C36H37N5O3S/c1-3-5-7-11-23-44-31-20-16-27(17-21-31)34-37-36-41(39-34)35(42)32(45-36)24-28-25-40(29-12-9-8-10-13-29)38-33(28)26-14-18-30(19-15-26)43-22-6-4-2/h8-10,12-21,24-25H,3-7,11,22-23H2,1-2H3/b32-24+. The highest BCUT2D eigenvalue weighted by Crippen LogP contribution is 2.27. The Bertz CT molecular complexity index is 1940. The minimum Gasteiger partial charge on any atom is -0.494 e. The summed E-state index contributed by atoms with van der Waals surface area (Å²) in [7, 11) is 0. The van der Waals surface area contributed by atoms with Crippen molar-refractivity contribution >= 4 is 22.4 Å². The number of benzene rings is 3. The molecule has 6 rings (SSSR count). The molecular formula is C36H37N5O3S. The molecule has 3 aromatic carbocycles. The average molecular weight is 620 g/mol. The van der Waals surface area contributed by atoms with Crippen molar-refractivity contribution in [3.8, 4) is 39.8 Å². The van der Waals surface area contributed by atoms with Gasteiger partial charge in [-0.3, -0.25) is 4.79 Å². The number of para-hydroxylation sites is 1. The van der Waals surface area contributed by atoms with Crippen LogP contribution >= 0.6 is 11.3 Å². The molecule has 0 spiro atoms. The smallest absolute Gasteiger partial charge is 0.291 e. The zero-order chi connectivity index (χ0) is 31.0. The van der Waals surface area contributed by atoms with Gasteiger partial charge in [0.2, 0.25) is 4.96 Å². The van der Waals surface area contributed by atoms with Crippen molar-refractivity contribution in [1.29, 1.82) is 0 Å². The van der Waals surface area contributed by atoms with E-state index in [4.69, 9.17) is 14.6 Å². The van der Waals surface area contributed by atoms with E-state index in [2.05, 4.69) is 23.9 Å². The lowest BCUT2D eigenvalue weighted by Gasteiger charge is -2.06. The van der Waals surface area contributed by atoms with E-state index in [0.717, 1.165) is 58.8 Å². The second-order valence-electron chi connectivity index (χ2n) is 10.9. The van der Waals surface area contributed by atoms with Gasteiger partial charge in [-0.05, 0) is 79.6 Å². The Hall–Kier alpha value is -4.76. The molecule has 0 N–H and O–H groups in total. The number of ether oxygens (including phenoxy) is 2. The van der Waals surface area contributed by atoms with Gasteiger partial charge in [0.25, 0.3) is 5.56 Å². The molecule has 0 unspecified atom stereocenters. The van der Waals surface area contributed by atoms with Gasteiger partial charge in [0.15, 0.2) is 5.82 Å². The Morgan fingerprint density at radius 2 is 1.42 bits per heavy atom. The summed E-state index contributed by atoms with van der Waals surface area (Å²) in [5.74, 6) is 2.16. The predicted octanol–water partition coefficient (Wildman–Crippen LogP) is 7.36. The van der Waals surface area contributed by atoms with Crippen molar-refractivity contribution in [2.75, 3.05) is 13.2 Å². The van der Waals surface area contributed by atoms with Gasteiger partial charge in [0.05, 0.1) is 23.4 Å². The number of fused-ring (bicyclic) bond motifs is 1. The van der Waals surface area contributed by atoms with E-state index in [1.54, 1.807) is 0 Å². The van der Waals surface area contributed by atoms with E-state index < -0.39 is 0 Å². The van der Waals surface area contributed by atoms with Crippen molar-refractivity contribution in [1.82, 2.24) is 24.4 Å². The second kappa shape index (κ2) is 14.3. The van der Waals surface area contributed by atoms with Gasteiger partial charge in [-0.2, -0.15) is 14.6 Å². The van der Waals surface area contributed by atoms with Crippen LogP contribution in [0.25, 0.3) is 39.4 Å². The van der Waals surface area contributed by atoms with Crippen LogP contribution in [0.3, 0.4) is 0 Å². The molecule has 3 heterocycles. The lowest BCUT2D eigenvalue weighted by molar-refractivity contribution is 0.305. The molecule has 0 aliphatic rings. The largest absolute Gasteiger partial charge is 0.494 e. The third kappa shape index (κ3) is 7.15.